The van der Waals surface area contributed by atoms with E-state index in [1.165, 1.54) is 30.3 Å². The number of benzene rings is 2. The summed E-state index contributed by atoms with van der Waals surface area (Å²) in [7, 11) is 0. The molecule has 0 spiro atoms. The van der Waals surface area contributed by atoms with Gasteiger partial charge in [0, 0.05) is 5.56 Å². The molecule has 0 aliphatic carbocycles. The van der Waals surface area contributed by atoms with Crippen LogP contribution in [-0.2, 0) is 0 Å². The van der Waals surface area contributed by atoms with Crippen molar-refractivity contribution in [1.29, 1.82) is 0 Å². The highest BCUT2D eigenvalue weighted by atomic mass is 35.5. The quantitative estimate of drug-likeness (QED) is 0.824. The summed E-state index contributed by atoms with van der Waals surface area (Å²) in [6, 6.07) is 8.18. The molecule has 0 unspecified atom stereocenters. The van der Waals surface area contributed by atoms with Crippen molar-refractivity contribution in [3.8, 4) is 0 Å². The molecule has 6 heteroatoms. The molecule has 98 valence electrons. The van der Waals surface area contributed by atoms with Gasteiger partial charge in [0.2, 0.25) is 0 Å². The first-order valence-corrected chi connectivity index (χ1v) is 6.04. The molecule has 0 heterocycles. The van der Waals surface area contributed by atoms with Gasteiger partial charge in [0.25, 0.3) is 5.91 Å². The molecule has 0 aromatic heterocycles. The fourth-order valence-corrected chi connectivity index (χ4v) is 1.77. The molecular weight excluding hydrogens is 290 g/mol. The third-order valence-corrected chi connectivity index (χ3v) is 3.18. The summed E-state index contributed by atoms with van der Waals surface area (Å²) >= 11 is 11.6. The lowest BCUT2D eigenvalue weighted by Crippen LogP contribution is -2.13. The summed E-state index contributed by atoms with van der Waals surface area (Å²) in [5.41, 5.74) is 6.42. The Bertz CT molecular complexity index is 647. The Morgan fingerprint density at radius 3 is 2.53 bits per heavy atom. The van der Waals surface area contributed by atoms with Crippen LogP contribution in [0.25, 0.3) is 0 Å². The van der Waals surface area contributed by atoms with Crippen molar-refractivity contribution >= 4 is 40.5 Å². The van der Waals surface area contributed by atoms with Crippen molar-refractivity contribution in [3.63, 3.8) is 0 Å². The summed E-state index contributed by atoms with van der Waals surface area (Å²) in [4.78, 5) is 12.0. The molecule has 0 radical (unpaired) electrons. The van der Waals surface area contributed by atoms with E-state index in [-0.39, 0.29) is 16.4 Å². The molecule has 2 rings (SSSR count). The fourth-order valence-electron chi connectivity index (χ4n) is 1.47. The highest BCUT2D eigenvalue weighted by Gasteiger charge is 2.10. The Balaban J connectivity index is 2.25. The van der Waals surface area contributed by atoms with Crippen molar-refractivity contribution in [2.75, 3.05) is 11.1 Å². The molecule has 0 bridgehead atoms. The number of nitrogens with one attached hydrogen (secondary N) is 1. The van der Waals surface area contributed by atoms with Crippen molar-refractivity contribution < 1.29 is 9.18 Å². The summed E-state index contributed by atoms with van der Waals surface area (Å²) in [5, 5.41) is 3.12. The highest BCUT2D eigenvalue weighted by molar-refractivity contribution is 6.42. The van der Waals surface area contributed by atoms with Crippen LogP contribution in [0.1, 0.15) is 10.4 Å². The molecule has 1 amide bonds. The minimum Gasteiger partial charge on any atom is -0.397 e. The topological polar surface area (TPSA) is 55.1 Å². The molecular formula is C13H9Cl2FN2O. The van der Waals surface area contributed by atoms with Crippen molar-refractivity contribution in [3.05, 3.63) is 57.8 Å². The molecule has 0 atom stereocenters. The van der Waals surface area contributed by atoms with Gasteiger partial charge >= 0.3 is 0 Å². The largest absolute Gasteiger partial charge is 0.397 e. The first kappa shape index (κ1) is 13.6. The van der Waals surface area contributed by atoms with E-state index in [1.807, 2.05) is 0 Å². The van der Waals surface area contributed by atoms with Crippen LogP contribution in [0.15, 0.2) is 36.4 Å². The Hall–Kier alpha value is -1.78. The minimum absolute atomic E-state index is 0.205. The van der Waals surface area contributed by atoms with Gasteiger partial charge in [-0.2, -0.15) is 0 Å². The zero-order valence-corrected chi connectivity index (χ0v) is 11.1. The van der Waals surface area contributed by atoms with Crippen molar-refractivity contribution in [1.82, 2.24) is 0 Å². The number of nitrogens with two attached hydrogens (primary N) is 1. The van der Waals surface area contributed by atoms with Gasteiger partial charge in [-0.1, -0.05) is 23.2 Å². The number of rotatable bonds is 2. The third kappa shape index (κ3) is 3.16. The van der Waals surface area contributed by atoms with E-state index in [2.05, 4.69) is 5.32 Å². The van der Waals surface area contributed by atoms with Gasteiger partial charge in [-0.3, -0.25) is 4.79 Å². The van der Waals surface area contributed by atoms with Gasteiger partial charge in [0.15, 0.2) is 0 Å². The van der Waals surface area contributed by atoms with Gasteiger partial charge in [-0.05, 0) is 36.4 Å². The zero-order chi connectivity index (χ0) is 14.0. The Labute approximate surface area is 119 Å². The van der Waals surface area contributed by atoms with Crippen LogP contribution in [0.5, 0.6) is 0 Å². The number of halogens is 3. The van der Waals surface area contributed by atoms with E-state index in [0.717, 1.165) is 6.07 Å². The van der Waals surface area contributed by atoms with Crippen LogP contribution in [0.4, 0.5) is 15.8 Å². The van der Waals surface area contributed by atoms with Crippen molar-refractivity contribution in [2.45, 2.75) is 0 Å². The molecule has 0 saturated carbocycles. The van der Waals surface area contributed by atoms with Gasteiger partial charge < -0.3 is 11.1 Å². The monoisotopic (exact) mass is 298 g/mol. The third-order valence-electron chi connectivity index (χ3n) is 2.45. The first-order chi connectivity index (χ1) is 8.97. The first-order valence-electron chi connectivity index (χ1n) is 5.29. The van der Waals surface area contributed by atoms with Crippen LogP contribution in [0.2, 0.25) is 10.0 Å². The van der Waals surface area contributed by atoms with Crippen LogP contribution in [0, 0.1) is 5.82 Å². The van der Waals surface area contributed by atoms with Gasteiger partial charge in [0.1, 0.15) is 5.82 Å². The molecule has 2 aromatic carbocycles. The second-order valence-electron chi connectivity index (χ2n) is 3.81. The molecule has 0 aliphatic rings. The number of hydrogen-bond acceptors (Lipinski definition) is 2. The lowest BCUT2D eigenvalue weighted by atomic mass is 10.2. The Morgan fingerprint density at radius 2 is 1.84 bits per heavy atom. The SMILES string of the molecule is Nc1ccc(F)cc1NC(=O)c1ccc(Cl)c(Cl)c1. The van der Waals surface area contributed by atoms with Gasteiger partial charge in [-0.25, -0.2) is 4.39 Å². The molecule has 2 aromatic rings. The van der Waals surface area contributed by atoms with Crippen LogP contribution >= 0.6 is 23.2 Å². The van der Waals surface area contributed by atoms with Gasteiger partial charge in [-0.15, -0.1) is 0 Å². The lowest BCUT2D eigenvalue weighted by molar-refractivity contribution is 0.102. The predicted octanol–water partition coefficient (Wildman–Crippen LogP) is 3.97. The van der Waals surface area contributed by atoms with Gasteiger partial charge in [0.05, 0.1) is 21.4 Å². The fraction of sp³-hybridized carbons (Fsp3) is 0. The second kappa shape index (κ2) is 5.47. The molecule has 3 nitrogen and oxygen atoms in total. The molecule has 0 saturated heterocycles. The smallest absolute Gasteiger partial charge is 0.255 e. The zero-order valence-electron chi connectivity index (χ0n) is 9.58. The van der Waals surface area contributed by atoms with E-state index in [0.29, 0.717) is 10.6 Å². The van der Waals surface area contributed by atoms with Crippen LogP contribution < -0.4 is 11.1 Å². The van der Waals surface area contributed by atoms with Crippen LogP contribution in [0.3, 0.4) is 0 Å². The minimum atomic E-state index is -0.487. The summed E-state index contributed by atoms with van der Waals surface area (Å²) in [5.74, 6) is -0.936. The van der Waals surface area contributed by atoms with Crippen molar-refractivity contribution in [2.24, 2.45) is 0 Å². The maximum Gasteiger partial charge on any atom is 0.255 e. The Kier molecular flexibility index (Phi) is 3.93. The number of amides is 1. The molecule has 3 N–H and O–H groups in total. The number of nitrogen functional groups attached to an aromatic ring is 1. The maximum atomic E-state index is 13.1. The average molecular weight is 299 g/mol. The van der Waals surface area contributed by atoms with Crippen LogP contribution in [-0.4, -0.2) is 5.91 Å². The standard InChI is InChI=1S/C13H9Cl2FN2O/c14-9-3-1-7(5-10(9)15)13(19)18-12-6-8(16)2-4-11(12)17/h1-6H,17H2,(H,18,19). The predicted molar refractivity (Wildman–Crippen MR) is 75.2 cm³/mol. The molecule has 0 aliphatic heterocycles. The molecule has 19 heavy (non-hydrogen) atoms. The molecule has 0 fully saturated rings. The lowest BCUT2D eigenvalue weighted by Gasteiger charge is -2.08. The maximum absolute atomic E-state index is 13.1. The Morgan fingerprint density at radius 1 is 1.11 bits per heavy atom. The second-order valence-corrected chi connectivity index (χ2v) is 4.63. The normalized spacial score (nSPS) is 10.3. The van der Waals surface area contributed by atoms with E-state index in [4.69, 9.17) is 28.9 Å². The number of hydrogen-bond donors (Lipinski definition) is 2. The number of carbonyl (C=O) groups excluding carboxylic acids is 1. The summed E-state index contributed by atoms with van der Waals surface area (Å²) < 4.78 is 13.1. The number of anilines is 2. The summed E-state index contributed by atoms with van der Waals surface area (Å²) in [6.07, 6.45) is 0. The number of carbonyl (C=O) groups is 1. The van der Waals surface area contributed by atoms with E-state index in [1.54, 1.807) is 0 Å². The summed E-state index contributed by atoms with van der Waals surface area (Å²) in [6.45, 7) is 0. The van der Waals surface area contributed by atoms with E-state index in [9.17, 15) is 9.18 Å². The average Bonchev–Trinajstić information content (AvgIpc) is 2.37. The van der Waals surface area contributed by atoms with E-state index >= 15 is 0 Å². The highest BCUT2D eigenvalue weighted by Crippen LogP contribution is 2.24. The van der Waals surface area contributed by atoms with E-state index < -0.39 is 11.7 Å².